The minimum absolute atomic E-state index is 0.0144. The fourth-order valence-electron chi connectivity index (χ4n) is 6.26. The van der Waals surface area contributed by atoms with Crippen molar-refractivity contribution in [3.8, 4) is 16.9 Å². The number of nitrogens with zero attached hydrogens (tertiary/aromatic N) is 2. The van der Waals surface area contributed by atoms with Crippen LogP contribution in [0.15, 0.2) is 42.5 Å². The monoisotopic (exact) mass is 667 g/mol. The summed E-state index contributed by atoms with van der Waals surface area (Å²) < 4.78 is 66.9. The minimum Gasteiger partial charge on any atom is -0.495 e. The molecule has 2 heterocycles. The molecule has 13 heteroatoms. The third-order valence-corrected chi connectivity index (χ3v) is 8.73. The first kappa shape index (κ1) is 34.3. The Balaban J connectivity index is 1.35. The van der Waals surface area contributed by atoms with E-state index in [-0.39, 0.29) is 45.0 Å². The zero-order valence-corrected chi connectivity index (χ0v) is 27.1. The van der Waals surface area contributed by atoms with Crippen LogP contribution in [0.25, 0.3) is 22.0 Å². The number of methoxy groups -OCH3 is 1. The van der Waals surface area contributed by atoms with Crippen LogP contribution in [0.5, 0.6) is 5.75 Å². The molecule has 9 nitrogen and oxygen atoms in total. The SMILES string of the molecule is CCCC(Nc1cc(F)c(C2CCN(c3cc(F)c(-c4ccc(F)c5[nH]c(C(=O)N(C)C)cc45)cc3F)CC2)cc1OC)C(=O)NC=O. The van der Waals surface area contributed by atoms with Gasteiger partial charge in [0.2, 0.25) is 12.3 Å². The number of carbonyl (C=O) groups excluding carboxylic acids is 3. The van der Waals surface area contributed by atoms with Crippen LogP contribution in [0.2, 0.25) is 0 Å². The molecule has 0 spiro atoms. The molecule has 0 bridgehead atoms. The lowest BCUT2D eigenvalue weighted by molar-refractivity contribution is -0.125. The smallest absolute Gasteiger partial charge is 0.269 e. The third-order valence-electron chi connectivity index (χ3n) is 8.73. The molecule has 1 aliphatic rings. The van der Waals surface area contributed by atoms with Crippen LogP contribution in [0, 0.1) is 23.3 Å². The van der Waals surface area contributed by atoms with E-state index in [9.17, 15) is 18.8 Å². The molecule has 4 aromatic rings. The van der Waals surface area contributed by atoms with E-state index in [1.807, 2.05) is 6.92 Å². The van der Waals surface area contributed by atoms with E-state index in [0.717, 1.165) is 18.2 Å². The van der Waals surface area contributed by atoms with Crippen LogP contribution < -0.4 is 20.3 Å². The molecule has 1 unspecified atom stereocenters. The van der Waals surface area contributed by atoms with Crippen LogP contribution in [0.3, 0.4) is 0 Å². The van der Waals surface area contributed by atoms with Crippen molar-refractivity contribution in [2.75, 3.05) is 44.5 Å². The van der Waals surface area contributed by atoms with Crippen molar-refractivity contribution in [3.05, 3.63) is 77.0 Å². The summed E-state index contributed by atoms with van der Waals surface area (Å²) in [5.74, 6) is -3.37. The van der Waals surface area contributed by atoms with E-state index in [2.05, 4.69) is 15.6 Å². The standard InChI is InChI=1S/C35H37F4N5O4/c1-5-6-28(34(46)40-18-45)41-29-16-25(37)21(15-32(29)48-4)19-9-11-44(12-10-19)31-17-26(38)22(13-27(31)39)20-7-8-24(36)33-23(20)14-30(42-33)35(47)43(2)3/h7-8,13-19,28,41-42H,5-6,9-12H2,1-4H3,(H,40,45,46). The predicted molar refractivity (Wildman–Crippen MR) is 175 cm³/mol. The number of aromatic amines is 1. The number of benzene rings is 3. The maximum Gasteiger partial charge on any atom is 0.269 e. The highest BCUT2D eigenvalue weighted by atomic mass is 19.1. The lowest BCUT2D eigenvalue weighted by Crippen LogP contribution is -2.39. The summed E-state index contributed by atoms with van der Waals surface area (Å²) >= 11 is 0. The number of carbonyl (C=O) groups is 3. The summed E-state index contributed by atoms with van der Waals surface area (Å²) in [5.41, 5.74) is 1.01. The Hall–Kier alpha value is -5.07. The molecular formula is C35H37F4N5O4. The van der Waals surface area contributed by atoms with Gasteiger partial charge >= 0.3 is 0 Å². The average molecular weight is 668 g/mol. The second kappa shape index (κ2) is 14.4. The number of H-pyrrole nitrogens is 1. The Morgan fingerprint density at radius 3 is 2.38 bits per heavy atom. The Bertz CT molecular complexity index is 1850. The van der Waals surface area contributed by atoms with Crippen molar-refractivity contribution in [1.82, 2.24) is 15.2 Å². The van der Waals surface area contributed by atoms with Gasteiger partial charge in [-0.2, -0.15) is 0 Å². The molecule has 3 amide bonds. The summed E-state index contributed by atoms with van der Waals surface area (Å²) in [6, 6.07) is 8.17. The number of imide groups is 1. The molecule has 0 saturated carbocycles. The Labute approximate surface area is 275 Å². The first-order valence-corrected chi connectivity index (χ1v) is 15.6. The van der Waals surface area contributed by atoms with Crippen LogP contribution >= 0.6 is 0 Å². The summed E-state index contributed by atoms with van der Waals surface area (Å²) in [4.78, 5) is 41.3. The van der Waals surface area contributed by atoms with Gasteiger partial charge < -0.3 is 24.8 Å². The number of hydrogen-bond acceptors (Lipinski definition) is 6. The van der Waals surface area contributed by atoms with Gasteiger partial charge in [-0.15, -0.1) is 0 Å². The number of fused-ring (bicyclic) bond motifs is 1. The van der Waals surface area contributed by atoms with E-state index in [4.69, 9.17) is 4.74 Å². The van der Waals surface area contributed by atoms with Crippen LogP contribution in [0.4, 0.5) is 28.9 Å². The lowest BCUT2D eigenvalue weighted by atomic mass is 9.88. The zero-order chi connectivity index (χ0) is 34.7. The molecule has 1 atom stereocenters. The predicted octanol–water partition coefficient (Wildman–Crippen LogP) is 6.34. The molecule has 1 aromatic heterocycles. The Morgan fingerprint density at radius 2 is 1.73 bits per heavy atom. The van der Waals surface area contributed by atoms with E-state index in [0.29, 0.717) is 56.5 Å². The second-order valence-electron chi connectivity index (χ2n) is 12.0. The van der Waals surface area contributed by atoms with E-state index >= 15 is 13.2 Å². The van der Waals surface area contributed by atoms with Gasteiger partial charge in [0.1, 0.15) is 40.8 Å². The fraction of sp³-hybridized carbons (Fsp3) is 0.343. The number of nitrogens with one attached hydrogen (secondary N) is 3. The molecule has 0 aliphatic carbocycles. The minimum atomic E-state index is -0.772. The molecule has 48 heavy (non-hydrogen) atoms. The quantitative estimate of drug-likeness (QED) is 0.127. The van der Waals surface area contributed by atoms with Crippen LogP contribution in [-0.2, 0) is 9.59 Å². The summed E-state index contributed by atoms with van der Waals surface area (Å²) in [7, 11) is 4.53. The highest BCUT2D eigenvalue weighted by Gasteiger charge is 2.28. The second-order valence-corrected chi connectivity index (χ2v) is 12.0. The molecule has 254 valence electrons. The first-order valence-electron chi connectivity index (χ1n) is 15.6. The van der Waals surface area contributed by atoms with Crippen molar-refractivity contribution in [3.63, 3.8) is 0 Å². The summed E-state index contributed by atoms with van der Waals surface area (Å²) in [6.07, 6.45) is 2.23. The topological polar surface area (TPSA) is 107 Å². The third kappa shape index (κ3) is 6.80. The number of anilines is 2. The Kier molecular flexibility index (Phi) is 10.3. The molecular weight excluding hydrogens is 630 g/mol. The number of aromatic nitrogens is 1. The highest BCUT2D eigenvalue weighted by Crippen LogP contribution is 2.40. The van der Waals surface area contributed by atoms with Crippen LogP contribution in [0.1, 0.15) is 54.6 Å². The van der Waals surface area contributed by atoms with Gasteiger partial charge in [0.05, 0.1) is 24.0 Å². The molecule has 1 fully saturated rings. The van der Waals surface area contributed by atoms with Crippen molar-refractivity contribution in [1.29, 1.82) is 0 Å². The van der Waals surface area contributed by atoms with Crippen molar-refractivity contribution in [2.45, 2.75) is 44.6 Å². The molecule has 1 aliphatic heterocycles. The van der Waals surface area contributed by atoms with E-state index in [1.54, 1.807) is 25.1 Å². The number of ether oxygens (including phenoxy) is 1. The largest absolute Gasteiger partial charge is 0.495 e. The summed E-state index contributed by atoms with van der Waals surface area (Å²) in [5, 5.41) is 5.34. The van der Waals surface area contributed by atoms with Gasteiger partial charge in [-0.05, 0) is 60.6 Å². The van der Waals surface area contributed by atoms with Gasteiger partial charge in [-0.1, -0.05) is 19.4 Å². The van der Waals surface area contributed by atoms with E-state index in [1.165, 1.54) is 30.2 Å². The Morgan fingerprint density at radius 1 is 1.00 bits per heavy atom. The van der Waals surface area contributed by atoms with Crippen molar-refractivity contribution < 1.29 is 36.7 Å². The van der Waals surface area contributed by atoms with Crippen molar-refractivity contribution in [2.24, 2.45) is 0 Å². The van der Waals surface area contributed by atoms with Gasteiger partial charge in [0.25, 0.3) is 5.91 Å². The number of hydrogen-bond donors (Lipinski definition) is 3. The first-order chi connectivity index (χ1) is 23.0. The van der Waals surface area contributed by atoms with Gasteiger partial charge in [-0.3, -0.25) is 19.7 Å². The summed E-state index contributed by atoms with van der Waals surface area (Å²) in [6.45, 7) is 2.52. The van der Waals surface area contributed by atoms with Gasteiger partial charge in [0, 0.05) is 50.3 Å². The van der Waals surface area contributed by atoms with Crippen LogP contribution in [-0.4, -0.2) is 68.4 Å². The average Bonchev–Trinajstić information content (AvgIpc) is 3.52. The highest BCUT2D eigenvalue weighted by molar-refractivity contribution is 6.03. The van der Waals surface area contributed by atoms with Crippen molar-refractivity contribution >= 4 is 40.5 Å². The molecule has 3 N–H and O–H groups in total. The van der Waals surface area contributed by atoms with Gasteiger partial charge in [0.15, 0.2) is 0 Å². The molecule has 0 radical (unpaired) electrons. The van der Waals surface area contributed by atoms with E-state index < -0.39 is 41.1 Å². The number of halogens is 4. The lowest BCUT2D eigenvalue weighted by Gasteiger charge is -2.34. The van der Waals surface area contributed by atoms with Gasteiger partial charge in [-0.25, -0.2) is 17.6 Å². The number of rotatable bonds is 11. The molecule has 5 rings (SSSR count). The number of amides is 3. The molecule has 1 saturated heterocycles. The number of piperidine rings is 1. The zero-order valence-electron chi connectivity index (χ0n) is 27.1. The molecule has 3 aromatic carbocycles. The normalized spacial score (nSPS) is 14.1. The maximum atomic E-state index is 15.7. The maximum absolute atomic E-state index is 15.7. The fourth-order valence-corrected chi connectivity index (χ4v) is 6.26.